The molecule has 1 aliphatic rings. The Labute approximate surface area is 152 Å². The summed E-state index contributed by atoms with van der Waals surface area (Å²) in [5, 5.41) is 20.5. The normalized spacial score (nSPS) is 14.2. The van der Waals surface area contributed by atoms with E-state index in [0.717, 1.165) is 17.0 Å². The van der Waals surface area contributed by atoms with Crippen LogP contribution in [0.2, 0.25) is 5.02 Å². The van der Waals surface area contributed by atoms with Crippen LogP contribution < -0.4 is 4.90 Å². The highest BCUT2D eigenvalue weighted by atomic mass is 35.5. The van der Waals surface area contributed by atoms with Gasteiger partial charge in [-0.05, 0) is 24.3 Å². The van der Waals surface area contributed by atoms with Crippen molar-refractivity contribution in [1.29, 1.82) is 5.26 Å². The highest BCUT2D eigenvalue weighted by molar-refractivity contribution is 7.17. The second-order valence-electron chi connectivity index (χ2n) is 5.45. The number of piperazine rings is 1. The summed E-state index contributed by atoms with van der Waals surface area (Å²) in [6.45, 7) is 2.13. The molecule has 1 aliphatic heterocycles. The van der Waals surface area contributed by atoms with E-state index < -0.39 is 4.92 Å². The molecular formula is C16H13ClN4O3S. The number of nitriles is 1. The van der Waals surface area contributed by atoms with Crippen LogP contribution in [-0.4, -0.2) is 41.9 Å². The molecule has 1 saturated heterocycles. The molecule has 0 aliphatic carbocycles. The quantitative estimate of drug-likeness (QED) is 0.606. The Balaban J connectivity index is 1.68. The molecule has 128 valence electrons. The fourth-order valence-corrected chi connectivity index (χ4v) is 3.68. The minimum atomic E-state index is -0.497. The fraction of sp³-hybridized carbons (Fsp3) is 0.250. The first kappa shape index (κ1) is 17.2. The standard InChI is InChI=1S/C16H13ClN4O3S/c17-12-1-2-13(11(9-12)10-18)19-5-7-20(8-6-19)16(22)14-3-4-15(25-14)21(23)24/h1-4,9H,5-8H2. The number of halogens is 1. The van der Waals surface area contributed by atoms with Gasteiger partial charge in [0.15, 0.2) is 0 Å². The van der Waals surface area contributed by atoms with Crippen molar-refractivity contribution in [3.8, 4) is 6.07 Å². The maximum atomic E-state index is 12.5. The van der Waals surface area contributed by atoms with Gasteiger partial charge in [-0.25, -0.2) is 0 Å². The summed E-state index contributed by atoms with van der Waals surface area (Å²) in [4.78, 5) is 26.8. The Morgan fingerprint density at radius 3 is 2.56 bits per heavy atom. The molecule has 3 rings (SSSR count). The number of thiophene rings is 1. The molecule has 0 radical (unpaired) electrons. The predicted molar refractivity (Wildman–Crippen MR) is 95.3 cm³/mol. The molecule has 7 nitrogen and oxygen atoms in total. The van der Waals surface area contributed by atoms with Crippen molar-refractivity contribution in [3.63, 3.8) is 0 Å². The van der Waals surface area contributed by atoms with Crippen molar-refractivity contribution in [2.75, 3.05) is 31.1 Å². The molecular weight excluding hydrogens is 364 g/mol. The molecule has 0 unspecified atom stereocenters. The summed E-state index contributed by atoms with van der Waals surface area (Å²) in [5.41, 5.74) is 1.30. The zero-order valence-electron chi connectivity index (χ0n) is 13.0. The lowest BCUT2D eigenvalue weighted by atomic mass is 10.1. The van der Waals surface area contributed by atoms with E-state index in [-0.39, 0.29) is 10.9 Å². The zero-order chi connectivity index (χ0) is 18.0. The number of carbonyl (C=O) groups excluding carboxylic acids is 1. The molecule has 1 aromatic carbocycles. The minimum Gasteiger partial charge on any atom is -0.367 e. The molecule has 2 aromatic rings. The van der Waals surface area contributed by atoms with Crippen molar-refractivity contribution < 1.29 is 9.72 Å². The van der Waals surface area contributed by atoms with E-state index in [9.17, 15) is 20.2 Å². The van der Waals surface area contributed by atoms with Gasteiger partial charge < -0.3 is 9.80 Å². The monoisotopic (exact) mass is 376 g/mol. The van der Waals surface area contributed by atoms with Gasteiger partial charge in [0.2, 0.25) is 0 Å². The zero-order valence-corrected chi connectivity index (χ0v) is 14.6. The van der Waals surface area contributed by atoms with E-state index in [2.05, 4.69) is 6.07 Å². The lowest BCUT2D eigenvalue weighted by Gasteiger charge is -2.36. The van der Waals surface area contributed by atoms with E-state index in [4.69, 9.17) is 11.6 Å². The van der Waals surface area contributed by atoms with E-state index >= 15 is 0 Å². The number of rotatable bonds is 3. The molecule has 2 heterocycles. The topological polar surface area (TPSA) is 90.5 Å². The minimum absolute atomic E-state index is 0.0400. The first-order valence-corrected chi connectivity index (χ1v) is 8.67. The number of nitro groups is 1. The van der Waals surface area contributed by atoms with Gasteiger partial charge in [0.05, 0.1) is 21.1 Å². The maximum absolute atomic E-state index is 12.5. The number of anilines is 1. The third kappa shape index (κ3) is 3.57. The SMILES string of the molecule is N#Cc1cc(Cl)ccc1N1CCN(C(=O)c2ccc([N+](=O)[O-])s2)CC1. The van der Waals surface area contributed by atoms with E-state index in [1.807, 2.05) is 4.90 Å². The van der Waals surface area contributed by atoms with Crippen LogP contribution in [0.3, 0.4) is 0 Å². The third-order valence-electron chi connectivity index (χ3n) is 3.97. The van der Waals surface area contributed by atoms with Crippen molar-refractivity contribution >= 4 is 39.5 Å². The molecule has 9 heteroatoms. The van der Waals surface area contributed by atoms with Crippen molar-refractivity contribution in [3.05, 3.63) is 55.9 Å². The van der Waals surface area contributed by atoms with Gasteiger partial charge in [-0.1, -0.05) is 22.9 Å². The summed E-state index contributed by atoms with van der Waals surface area (Å²) < 4.78 is 0. The lowest BCUT2D eigenvalue weighted by Crippen LogP contribution is -2.48. The fourth-order valence-electron chi connectivity index (χ4n) is 2.72. The van der Waals surface area contributed by atoms with E-state index in [1.54, 1.807) is 23.1 Å². The Morgan fingerprint density at radius 1 is 1.24 bits per heavy atom. The first-order chi connectivity index (χ1) is 12.0. The van der Waals surface area contributed by atoms with Crippen molar-refractivity contribution in [2.45, 2.75) is 0 Å². The molecule has 1 fully saturated rings. The Bertz CT molecular complexity index is 869. The average molecular weight is 377 g/mol. The Hall–Kier alpha value is -2.63. The van der Waals surface area contributed by atoms with Crippen LogP contribution >= 0.6 is 22.9 Å². The molecule has 0 bridgehead atoms. The molecule has 0 atom stereocenters. The van der Waals surface area contributed by atoms with E-state index in [0.29, 0.717) is 41.6 Å². The van der Waals surface area contributed by atoms with Crippen LogP contribution in [0.15, 0.2) is 30.3 Å². The second-order valence-corrected chi connectivity index (χ2v) is 6.95. The largest absolute Gasteiger partial charge is 0.367 e. The van der Waals surface area contributed by atoms with Crippen LogP contribution in [0.4, 0.5) is 10.7 Å². The van der Waals surface area contributed by atoms with Gasteiger partial charge in [0.1, 0.15) is 6.07 Å². The maximum Gasteiger partial charge on any atom is 0.324 e. The molecule has 25 heavy (non-hydrogen) atoms. The summed E-state index contributed by atoms with van der Waals surface area (Å²) in [6, 6.07) is 10.1. The number of amides is 1. The number of carbonyl (C=O) groups is 1. The van der Waals surface area contributed by atoms with Crippen LogP contribution in [0.1, 0.15) is 15.2 Å². The van der Waals surface area contributed by atoms with Crippen LogP contribution in [0.25, 0.3) is 0 Å². The van der Waals surface area contributed by atoms with Gasteiger partial charge in [0, 0.05) is 37.3 Å². The van der Waals surface area contributed by atoms with Crippen LogP contribution in [-0.2, 0) is 0 Å². The van der Waals surface area contributed by atoms with Gasteiger partial charge >= 0.3 is 5.00 Å². The van der Waals surface area contributed by atoms with Gasteiger partial charge in [-0.3, -0.25) is 14.9 Å². The molecule has 1 aromatic heterocycles. The van der Waals surface area contributed by atoms with E-state index in [1.165, 1.54) is 12.1 Å². The highest BCUT2D eigenvalue weighted by Crippen LogP contribution is 2.27. The second kappa shape index (κ2) is 7.09. The van der Waals surface area contributed by atoms with Gasteiger partial charge in [-0.2, -0.15) is 5.26 Å². The molecule has 0 N–H and O–H groups in total. The molecule has 1 amide bonds. The van der Waals surface area contributed by atoms with Crippen LogP contribution in [0.5, 0.6) is 0 Å². The summed E-state index contributed by atoms with van der Waals surface area (Å²) >= 11 is 6.81. The van der Waals surface area contributed by atoms with Crippen molar-refractivity contribution in [2.24, 2.45) is 0 Å². The first-order valence-electron chi connectivity index (χ1n) is 7.47. The Kier molecular flexibility index (Phi) is 4.88. The summed E-state index contributed by atoms with van der Waals surface area (Å²) in [5.74, 6) is -0.200. The molecule has 0 saturated carbocycles. The number of hydrogen-bond donors (Lipinski definition) is 0. The average Bonchev–Trinajstić information content (AvgIpc) is 3.11. The highest BCUT2D eigenvalue weighted by Gasteiger charge is 2.25. The summed E-state index contributed by atoms with van der Waals surface area (Å²) in [7, 11) is 0. The number of nitrogens with zero attached hydrogens (tertiary/aromatic N) is 4. The number of hydrogen-bond acceptors (Lipinski definition) is 6. The summed E-state index contributed by atoms with van der Waals surface area (Å²) in [6.07, 6.45) is 0. The van der Waals surface area contributed by atoms with Crippen LogP contribution in [0, 0.1) is 21.4 Å². The Morgan fingerprint density at radius 2 is 1.96 bits per heavy atom. The van der Waals surface area contributed by atoms with Gasteiger partial charge in [0.25, 0.3) is 5.91 Å². The predicted octanol–water partition coefficient (Wildman–Crippen LogP) is 3.14. The molecule has 0 spiro atoms. The lowest BCUT2D eigenvalue weighted by molar-refractivity contribution is -0.380. The number of benzene rings is 1. The van der Waals surface area contributed by atoms with Gasteiger partial charge in [-0.15, -0.1) is 0 Å². The van der Waals surface area contributed by atoms with Crippen molar-refractivity contribution in [1.82, 2.24) is 4.90 Å². The smallest absolute Gasteiger partial charge is 0.324 e. The third-order valence-corrected chi connectivity index (χ3v) is 5.23.